The van der Waals surface area contributed by atoms with Crippen molar-refractivity contribution in [2.45, 2.75) is 0 Å². The van der Waals surface area contributed by atoms with Crippen LogP contribution in [0.1, 0.15) is 31.8 Å². The zero-order chi connectivity index (χ0) is 22.5. The molecular weight excluding hydrogens is 555 g/mol. The Balaban J connectivity index is -0.000000237. The summed E-state index contributed by atoms with van der Waals surface area (Å²) in [4.78, 5) is 47.8. The van der Waals surface area contributed by atoms with Gasteiger partial charge in [0, 0.05) is 23.6 Å². The van der Waals surface area contributed by atoms with Crippen molar-refractivity contribution < 1.29 is 84.7 Å². The number of carbonyl (C=O) groups excluding carboxylic acids is 4. The van der Waals surface area contributed by atoms with Gasteiger partial charge in [-0.1, -0.05) is 24.3 Å². The average Bonchev–Trinajstić information content (AvgIpc) is 2.71. The Morgan fingerprint density at radius 3 is 1.29 bits per heavy atom. The molecule has 0 spiro atoms. The van der Waals surface area contributed by atoms with Crippen LogP contribution in [0.2, 0.25) is 0 Å². The van der Waals surface area contributed by atoms with Crippen LogP contribution in [0.15, 0.2) is 46.4 Å². The fourth-order valence-corrected chi connectivity index (χ4v) is 1.92. The largest absolute Gasteiger partial charge is 2.00 e. The Labute approximate surface area is 214 Å². The third kappa shape index (κ3) is 14.6. The van der Waals surface area contributed by atoms with E-state index in [9.17, 15) is 39.6 Å². The minimum atomic E-state index is -1.33. The Morgan fingerprint density at radius 2 is 1.03 bits per heavy atom. The van der Waals surface area contributed by atoms with Crippen molar-refractivity contribution in [2.75, 3.05) is 13.1 Å². The molecule has 2 radical (unpaired) electrons. The summed E-state index contributed by atoms with van der Waals surface area (Å²) in [5.74, 6) is -3.29. The number of hydrogen-bond donors (Lipinski definition) is 0. The molecule has 14 heteroatoms. The number of rotatable bonds is 8. The Kier molecular flexibility index (Phi) is 22.6. The molecule has 0 fully saturated rings. The Hall–Kier alpha value is -3.38. The van der Waals surface area contributed by atoms with Crippen molar-refractivity contribution in [1.29, 1.82) is 0 Å². The van der Waals surface area contributed by atoms with Crippen molar-refractivity contribution in [3.05, 3.63) is 58.7 Å². The summed E-state index contributed by atoms with van der Waals surface area (Å²) in [5.41, 5.74) is 1.04. The Morgan fingerprint density at radius 1 is 0.706 bits per heavy atom. The minimum Gasteiger partial charge on any atom is -0.872 e. The Bertz CT molecular complexity index is 918. The second-order valence-electron chi connectivity index (χ2n) is 5.51. The summed E-state index contributed by atoms with van der Waals surface area (Å²) in [5, 5.41) is 42.5. The van der Waals surface area contributed by atoms with Crippen LogP contribution >= 0.6 is 0 Å². The van der Waals surface area contributed by atoms with Gasteiger partial charge in [0.1, 0.15) is 12.6 Å². The fourth-order valence-electron chi connectivity index (χ4n) is 1.92. The normalized spacial score (nSPS) is 9.18. The molecule has 0 amide bonds. The van der Waals surface area contributed by atoms with Crippen molar-refractivity contribution in [3.8, 4) is 11.5 Å². The number of benzene rings is 2. The smallest absolute Gasteiger partial charge is 0.872 e. The number of carbonyl (C=O) groups is 4. The maximum absolute atomic E-state index is 11.2. The zero-order valence-electron chi connectivity index (χ0n) is 17.1. The third-order valence-electron chi connectivity index (χ3n) is 3.24. The van der Waals surface area contributed by atoms with Crippen molar-refractivity contribution in [1.82, 2.24) is 0 Å². The van der Waals surface area contributed by atoms with Crippen molar-refractivity contribution >= 4 is 36.9 Å². The van der Waals surface area contributed by atoms with Gasteiger partial charge in [-0.25, -0.2) is 0 Å². The van der Waals surface area contributed by atoms with Gasteiger partial charge in [-0.05, 0) is 23.3 Å². The third-order valence-corrected chi connectivity index (χ3v) is 3.24. The topological polar surface area (TPSA) is 251 Å². The maximum atomic E-state index is 11.2. The minimum absolute atomic E-state index is 0. The summed E-state index contributed by atoms with van der Waals surface area (Å²) in [6.07, 6.45) is 3.42. The number of carboxylic acid groups (broad SMARTS) is 2. The molecule has 12 nitrogen and oxygen atoms in total. The van der Waals surface area contributed by atoms with E-state index in [0.29, 0.717) is 23.7 Å². The molecule has 190 valence electrons. The van der Waals surface area contributed by atoms with Gasteiger partial charge in [-0.15, -0.1) is 11.5 Å². The van der Waals surface area contributed by atoms with Gasteiger partial charge in [0.25, 0.3) is 0 Å². The van der Waals surface area contributed by atoms with Crippen molar-refractivity contribution in [3.63, 3.8) is 0 Å². The van der Waals surface area contributed by atoms with E-state index in [2.05, 4.69) is 9.98 Å². The summed E-state index contributed by atoms with van der Waals surface area (Å²) in [7, 11) is 0. The quantitative estimate of drug-likeness (QED) is 0.128. The maximum Gasteiger partial charge on any atom is 2.00 e. The van der Waals surface area contributed by atoms with Gasteiger partial charge in [-0.2, -0.15) is 0 Å². The molecule has 0 saturated carbocycles. The predicted octanol–water partition coefficient (Wildman–Crippen LogP) is -4.37. The number of hydrogen-bond acceptors (Lipinski definition) is 10. The van der Waals surface area contributed by atoms with Gasteiger partial charge >= 0.3 is 34.1 Å². The molecule has 0 aliphatic carbocycles. The van der Waals surface area contributed by atoms with E-state index in [1.165, 1.54) is 36.4 Å². The zero-order valence-corrected chi connectivity index (χ0v) is 19.0. The van der Waals surface area contributed by atoms with Crippen LogP contribution in [0.3, 0.4) is 0 Å². The summed E-state index contributed by atoms with van der Waals surface area (Å²) >= 11 is 0. The van der Waals surface area contributed by atoms with E-state index in [1.807, 2.05) is 0 Å². The molecule has 0 saturated heterocycles. The van der Waals surface area contributed by atoms with Crippen LogP contribution in [0.25, 0.3) is 0 Å². The first-order valence-corrected chi connectivity index (χ1v) is 8.18. The van der Waals surface area contributed by atoms with E-state index < -0.39 is 25.0 Å². The number of aldehydes is 2. The molecule has 0 bridgehead atoms. The number of carboxylic acids is 2. The van der Waals surface area contributed by atoms with Crippen LogP contribution in [0.5, 0.6) is 11.5 Å². The molecule has 0 heterocycles. The molecule has 2 aromatic carbocycles. The first-order chi connectivity index (χ1) is 14.3. The standard InChI is InChI=1S/2C10H9NO4.2Cu.2H2O/c2*12-6-7-1-2-9(13)8(3-7)4-11-5-10(14)15;;;;/h2*1-4,6,13H,5H2,(H,14,15);;;2*1H2/q;;2*+2;;/p-2. The first kappa shape index (κ1) is 37.9. The monoisotopic (exact) mass is 574 g/mol. The summed E-state index contributed by atoms with van der Waals surface area (Å²) < 4.78 is 0. The van der Waals surface area contributed by atoms with E-state index in [0.717, 1.165) is 12.4 Å². The summed E-state index contributed by atoms with van der Waals surface area (Å²) in [6.45, 7) is -1.02. The predicted molar refractivity (Wildman–Crippen MR) is 107 cm³/mol. The molecule has 2 aromatic rings. The van der Waals surface area contributed by atoms with Crippen LogP contribution < -0.4 is 20.4 Å². The second-order valence-corrected chi connectivity index (χ2v) is 5.51. The van der Waals surface area contributed by atoms with Crippen LogP contribution in [0.4, 0.5) is 0 Å². The van der Waals surface area contributed by atoms with Crippen LogP contribution in [-0.4, -0.2) is 50.0 Å². The van der Waals surface area contributed by atoms with E-state index >= 15 is 0 Å². The molecule has 2 rings (SSSR count). The van der Waals surface area contributed by atoms with E-state index in [1.54, 1.807) is 0 Å². The number of aliphatic imine (C=N–C) groups is 2. The molecule has 34 heavy (non-hydrogen) atoms. The van der Waals surface area contributed by atoms with E-state index in [-0.39, 0.29) is 67.7 Å². The fraction of sp³-hybridized carbons (Fsp3) is 0.100. The molecule has 0 aliphatic rings. The average molecular weight is 575 g/mol. The molecule has 0 aromatic heterocycles. The molecule has 0 atom stereocenters. The SMILES string of the molecule is O=Cc1ccc([O-])c(C=NCC(=O)[O-])c1.O=Cc1ccc([O-])c(C=NCC(=O)[O-])c1.[Cu+2].[Cu+2].[OH3+].[OH3+]. The molecule has 6 N–H and O–H groups in total. The van der Waals surface area contributed by atoms with Gasteiger partial charge in [-0.3, -0.25) is 19.6 Å². The van der Waals surface area contributed by atoms with E-state index in [4.69, 9.17) is 0 Å². The van der Waals surface area contributed by atoms with Crippen LogP contribution in [-0.2, 0) is 54.7 Å². The van der Waals surface area contributed by atoms with Crippen molar-refractivity contribution in [2.24, 2.45) is 9.98 Å². The molecule has 0 unspecified atom stereocenters. The van der Waals surface area contributed by atoms with Crippen LogP contribution in [0, 0.1) is 0 Å². The number of nitrogens with zero attached hydrogens (tertiary/aromatic N) is 2. The molecule has 0 aliphatic heterocycles. The van der Waals surface area contributed by atoms with Gasteiger partial charge < -0.3 is 41.0 Å². The summed E-state index contributed by atoms with van der Waals surface area (Å²) in [6, 6.07) is 7.90. The van der Waals surface area contributed by atoms with Gasteiger partial charge in [0.15, 0.2) is 0 Å². The number of aliphatic carboxylic acids is 2. The first-order valence-electron chi connectivity index (χ1n) is 8.18. The second kappa shape index (κ2) is 20.2. The molecular formula is C20H20Cu2N2O10+2. The van der Waals surface area contributed by atoms with Gasteiger partial charge in [0.2, 0.25) is 0 Å². The van der Waals surface area contributed by atoms with Gasteiger partial charge in [0.05, 0.1) is 25.0 Å².